The molecule has 0 aromatic rings. The van der Waals surface area contributed by atoms with Gasteiger partial charge in [0.25, 0.3) is 0 Å². The second kappa shape index (κ2) is 5.86. The molecule has 4 heteroatoms. The fourth-order valence-corrected chi connectivity index (χ4v) is 0.939. The summed E-state index contributed by atoms with van der Waals surface area (Å²) >= 11 is 0. The van der Waals surface area contributed by atoms with E-state index in [4.69, 9.17) is 5.73 Å². The highest BCUT2D eigenvalue weighted by molar-refractivity contribution is 5.65. The van der Waals surface area contributed by atoms with Crippen molar-refractivity contribution >= 4 is 6.09 Å². The molecule has 0 atom stereocenters. The summed E-state index contributed by atoms with van der Waals surface area (Å²) in [7, 11) is 0. The predicted octanol–water partition coefficient (Wildman–Crippen LogP) is 1.50. The van der Waals surface area contributed by atoms with Crippen molar-refractivity contribution in [2.24, 2.45) is 11.7 Å². The molecule has 3 N–H and O–H groups in total. The first-order valence-corrected chi connectivity index (χ1v) is 5.04. The smallest absolute Gasteiger partial charge is 0.405 e. The van der Waals surface area contributed by atoms with Crippen molar-refractivity contribution in [2.45, 2.75) is 39.7 Å². The van der Waals surface area contributed by atoms with Crippen LogP contribution in [0.2, 0.25) is 0 Å². The molecule has 0 aromatic heterocycles. The maximum absolute atomic E-state index is 10.0. The van der Waals surface area contributed by atoms with Gasteiger partial charge >= 0.3 is 6.09 Å². The van der Waals surface area contributed by atoms with E-state index in [-0.39, 0.29) is 0 Å². The number of nitrogens with two attached hydrogens (primary N) is 1. The van der Waals surface area contributed by atoms with Gasteiger partial charge in [0.1, 0.15) is 5.60 Å². The van der Waals surface area contributed by atoms with E-state index in [1.807, 2.05) is 0 Å². The Labute approximate surface area is 86.2 Å². The van der Waals surface area contributed by atoms with Crippen LogP contribution in [-0.2, 0) is 4.74 Å². The fraction of sp³-hybridized carbons (Fsp3) is 0.900. The lowest BCUT2D eigenvalue weighted by Gasteiger charge is -2.25. The first kappa shape index (κ1) is 13.2. The third kappa shape index (κ3) is 7.86. The van der Waals surface area contributed by atoms with Crippen LogP contribution in [0.3, 0.4) is 0 Å². The molecule has 0 radical (unpaired) electrons. The Kier molecular flexibility index (Phi) is 5.53. The van der Waals surface area contributed by atoms with Gasteiger partial charge in [-0.2, -0.15) is 0 Å². The van der Waals surface area contributed by atoms with Gasteiger partial charge in [0, 0.05) is 0 Å². The zero-order valence-electron chi connectivity index (χ0n) is 9.59. The van der Waals surface area contributed by atoms with Crippen LogP contribution in [0.4, 0.5) is 4.79 Å². The fourth-order valence-electron chi connectivity index (χ4n) is 0.939. The number of amides is 1. The Balaban J connectivity index is 0.000000249. The van der Waals surface area contributed by atoms with E-state index < -0.39 is 11.7 Å². The molecule has 0 unspecified atom stereocenters. The maximum atomic E-state index is 10.0. The third-order valence-electron chi connectivity index (χ3n) is 1.85. The molecule has 1 amide bonds. The van der Waals surface area contributed by atoms with Gasteiger partial charge in [-0.25, -0.2) is 4.79 Å². The monoisotopic (exact) mass is 202 g/mol. The highest BCUT2D eigenvalue weighted by Crippen LogP contribution is 2.05. The zero-order chi connectivity index (χ0) is 11.2. The van der Waals surface area contributed by atoms with Crippen molar-refractivity contribution in [3.05, 3.63) is 0 Å². The average Bonchev–Trinajstić information content (AvgIpc) is 1.78. The molecule has 1 saturated heterocycles. The van der Waals surface area contributed by atoms with Crippen molar-refractivity contribution in [3.8, 4) is 0 Å². The van der Waals surface area contributed by atoms with Gasteiger partial charge in [0.15, 0.2) is 0 Å². The Bertz CT molecular complexity index is 169. The topological polar surface area (TPSA) is 64.3 Å². The summed E-state index contributed by atoms with van der Waals surface area (Å²) in [5, 5.41) is 3.21. The lowest BCUT2D eigenvalue weighted by molar-refractivity contribution is 0.0600. The maximum Gasteiger partial charge on any atom is 0.405 e. The van der Waals surface area contributed by atoms with Gasteiger partial charge in [-0.3, -0.25) is 0 Å². The standard InChI is InChI=1S/C5H11NO2.C5H11N/c1-5(2,3)8-4(6)7;1-2-5-3-6-4-5/h1-3H3,(H2,6,7);5-6H,2-4H2,1H3. The lowest BCUT2D eigenvalue weighted by atomic mass is 10.0. The third-order valence-corrected chi connectivity index (χ3v) is 1.85. The van der Waals surface area contributed by atoms with Crippen LogP contribution in [0, 0.1) is 5.92 Å². The number of carbonyl (C=O) groups excluding carboxylic acids is 1. The van der Waals surface area contributed by atoms with E-state index in [9.17, 15) is 4.79 Å². The molecule has 14 heavy (non-hydrogen) atoms. The number of ether oxygens (including phenoxy) is 1. The molecule has 1 fully saturated rings. The molecule has 84 valence electrons. The van der Waals surface area contributed by atoms with Crippen molar-refractivity contribution in [3.63, 3.8) is 0 Å². The first-order valence-electron chi connectivity index (χ1n) is 5.04. The minimum Gasteiger partial charge on any atom is -0.444 e. The Morgan fingerprint density at radius 3 is 2.00 bits per heavy atom. The van der Waals surface area contributed by atoms with Crippen LogP contribution in [0.15, 0.2) is 0 Å². The van der Waals surface area contributed by atoms with E-state index in [1.165, 1.54) is 19.5 Å². The number of carbonyl (C=O) groups is 1. The molecule has 1 rings (SSSR count). The Hall–Kier alpha value is -0.770. The average molecular weight is 202 g/mol. The van der Waals surface area contributed by atoms with Crippen molar-refractivity contribution in [2.75, 3.05) is 13.1 Å². The van der Waals surface area contributed by atoms with Crippen LogP contribution in [0.5, 0.6) is 0 Å². The van der Waals surface area contributed by atoms with Gasteiger partial charge in [-0.15, -0.1) is 0 Å². The zero-order valence-corrected chi connectivity index (χ0v) is 9.59. The highest BCUT2D eigenvalue weighted by Gasteiger charge is 2.12. The largest absolute Gasteiger partial charge is 0.444 e. The summed E-state index contributed by atoms with van der Waals surface area (Å²) in [5.74, 6) is 1.00. The van der Waals surface area contributed by atoms with Crippen LogP contribution in [0.25, 0.3) is 0 Å². The normalized spacial score (nSPS) is 16.3. The van der Waals surface area contributed by atoms with E-state index in [0.717, 1.165) is 5.92 Å². The SMILES string of the molecule is CC(C)(C)OC(N)=O.CCC1CNC1. The van der Waals surface area contributed by atoms with E-state index in [0.29, 0.717) is 0 Å². The molecular formula is C10H22N2O2. The summed E-state index contributed by atoms with van der Waals surface area (Å²) in [5.41, 5.74) is 4.26. The summed E-state index contributed by atoms with van der Waals surface area (Å²) in [6.45, 7) is 10.0. The molecule has 1 aliphatic rings. The van der Waals surface area contributed by atoms with Gasteiger partial charge in [0.05, 0.1) is 0 Å². The lowest BCUT2D eigenvalue weighted by Crippen LogP contribution is -2.41. The second-order valence-electron chi connectivity index (χ2n) is 4.47. The van der Waals surface area contributed by atoms with Crippen LogP contribution in [-0.4, -0.2) is 24.8 Å². The molecule has 0 aliphatic carbocycles. The van der Waals surface area contributed by atoms with Gasteiger partial charge in [-0.05, 0) is 39.8 Å². The highest BCUT2D eigenvalue weighted by atomic mass is 16.6. The van der Waals surface area contributed by atoms with Crippen LogP contribution in [0.1, 0.15) is 34.1 Å². The molecule has 0 spiro atoms. The molecule has 4 nitrogen and oxygen atoms in total. The Morgan fingerprint density at radius 1 is 1.50 bits per heavy atom. The first-order chi connectivity index (χ1) is 6.35. The molecule has 1 heterocycles. The van der Waals surface area contributed by atoms with Crippen LogP contribution >= 0.6 is 0 Å². The van der Waals surface area contributed by atoms with E-state index >= 15 is 0 Å². The predicted molar refractivity (Wildman–Crippen MR) is 57.1 cm³/mol. The molecule has 1 aliphatic heterocycles. The van der Waals surface area contributed by atoms with Crippen molar-refractivity contribution < 1.29 is 9.53 Å². The summed E-state index contributed by atoms with van der Waals surface area (Å²) in [6, 6.07) is 0. The van der Waals surface area contributed by atoms with Gasteiger partial charge in [-0.1, -0.05) is 13.3 Å². The minimum absolute atomic E-state index is 0.453. The van der Waals surface area contributed by atoms with E-state index in [2.05, 4.69) is 17.0 Å². The van der Waals surface area contributed by atoms with Gasteiger partial charge < -0.3 is 15.8 Å². The number of nitrogens with one attached hydrogen (secondary N) is 1. The number of hydrogen-bond donors (Lipinski definition) is 2. The van der Waals surface area contributed by atoms with Crippen LogP contribution < -0.4 is 11.1 Å². The minimum atomic E-state index is -0.725. The summed E-state index contributed by atoms with van der Waals surface area (Å²) in [4.78, 5) is 10.0. The molecular weight excluding hydrogens is 180 g/mol. The number of hydrogen-bond acceptors (Lipinski definition) is 3. The molecule has 0 aromatic carbocycles. The quantitative estimate of drug-likeness (QED) is 0.677. The van der Waals surface area contributed by atoms with Crippen molar-refractivity contribution in [1.29, 1.82) is 0 Å². The molecule has 0 saturated carbocycles. The molecule has 0 bridgehead atoms. The second-order valence-corrected chi connectivity index (χ2v) is 4.47. The van der Waals surface area contributed by atoms with Gasteiger partial charge in [0.2, 0.25) is 0 Å². The van der Waals surface area contributed by atoms with E-state index in [1.54, 1.807) is 20.8 Å². The number of rotatable bonds is 1. The summed E-state index contributed by atoms with van der Waals surface area (Å²) < 4.78 is 4.58. The summed E-state index contributed by atoms with van der Waals surface area (Å²) in [6.07, 6.45) is 0.630. The number of primary amides is 1. The Morgan fingerprint density at radius 2 is 2.00 bits per heavy atom. The van der Waals surface area contributed by atoms with Crippen molar-refractivity contribution in [1.82, 2.24) is 5.32 Å².